The Morgan fingerprint density at radius 1 is 0.889 bits per heavy atom. The number of hydrogen-bond donors (Lipinski definition) is 1. The maximum atomic E-state index is 6.25. The third-order valence-corrected chi connectivity index (χ3v) is 3.41. The lowest BCUT2D eigenvalue weighted by molar-refractivity contribution is 0.560. The highest BCUT2D eigenvalue weighted by Crippen LogP contribution is 2.23. The summed E-state index contributed by atoms with van der Waals surface area (Å²) >= 11 is 6.25. The second kappa shape index (κ2) is 6.58. The van der Waals surface area contributed by atoms with Crippen molar-refractivity contribution in [2.24, 2.45) is 0 Å². The number of alkyl halides is 1. The van der Waals surface area contributed by atoms with E-state index in [4.69, 9.17) is 11.6 Å². The van der Waals surface area contributed by atoms with Gasteiger partial charge in [0.2, 0.25) is 0 Å². The monoisotopic (exact) mass is 259 g/mol. The Balaban J connectivity index is 2.29. The van der Waals surface area contributed by atoms with Crippen molar-refractivity contribution in [3.8, 4) is 0 Å². The summed E-state index contributed by atoms with van der Waals surface area (Å²) in [6.45, 7) is 2.08. The van der Waals surface area contributed by atoms with Gasteiger partial charge in [-0.25, -0.2) is 0 Å². The largest absolute Gasteiger partial charge is 0.290 e. The average molecular weight is 260 g/mol. The van der Waals surface area contributed by atoms with Crippen LogP contribution < -0.4 is 5.32 Å². The molecule has 2 rings (SSSR count). The molecule has 0 fully saturated rings. The molecule has 0 aromatic heterocycles. The molecule has 0 spiro atoms. The fourth-order valence-electron chi connectivity index (χ4n) is 1.97. The predicted octanol–water partition coefficient (Wildman–Crippen LogP) is 4.34. The molecule has 18 heavy (non-hydrogen) atoms. The van der Waals surface area contributed by atoms with Crippen molar-refractivity contribution in [1.29, 1.82) is 0 Å². The van der Waals surface area contributed by atoms with E-state index in [0.717, 1.165) is 6.42 Å². The fourth-order valence-corrected chi connectivity index (χ4v) is 2.10. The second-order valence-electron chi connectivity index (χ2n) is 4.30. The van der Waals surface area contributed by atoms with Gasteiger partial charge in [-0.05, 0) is 17.5 Å². The van der Waals surface area contributed by atoms with E-state index in [0.29, 0.717) is 0 Å². The molecule has 2 aromatic rings. The van der Waals surface area contributed by atoms with Crippen molar-refractivity contribution in [1.82, 2.24) is 5.32 Å². The van der Waals surface area contributed by atoms with Crippen LogP contribution in [0.4, 0.5) is 0 Å². The van der Waals surface area contributed by atoms with Crippen molar-refractivity contribution >= 4 is 11.6 Å². The van der Waals surface area contributed by atoms with Gasteiger partial charge in [0.05, 0.1) is 11.5 Å². The van der Waals surface area contributed by atoms with E-state index >= 15 is 0 Å². The number of benzene rings is 2. The molecule has 2 heteroatoms. The maximum absolute atomic E-state index is 6.25. The molecule has 2 aromatic carbocycles. The highest BCUT2D eigenvalue weighted by atomic mass is 35.5. The minimum absolute atomic E-state index is 0.0181. The highest BCUT2D eigenvalue weighted by Gasteiger charge is 2.15. The van der Waals surface area contributed by atoms with Crippen LogP contribution in [0.3, 0.4) is 0 Å². The summed E-state index contributed by atoms with van der Waals surface area (Å²) in [5, 5.41) is 3.46. The fraction of sp³-hybridized carbons (Fsp3) is 0.250. The molecule has 0 aliphatic carbocycles. The molecule has 0 bridgehead atoms. The molecule has 1 unspecified atom stereocenters. The number of halogens is 1. The lowest BCUT2D eigenvalue weighted by atomic mass is 9.99. The van der Waals surface area contributed by atoms with Gasteiger partial charge in [0.15, 0.2) is 0 Å². The zero-order valence-electron chi connectivity index (χ0n) is 10.5. The van der Waals surface area contributed by atoms with Crippen LogP contribution in [0.15, 0.2) is 60.7 Å². The molecule has 0 radical (unpaired) electrons. The van der Waals surface area contributed by atoms with Crippen LogP contribution >= 0.6 is 11.6 Å². The molecule has 0 amide bonds. The minimum atomic E-state index is -0.0181. The summed E-state index contributed by atoms with van der Waals surface area (Å²) < 4.78 is 0. The molecule has 0 saturated heterocycles. The van der Waals surface area contributed by atoms with Crippen LogP contribution in [0.5, 0.6) is 0 Å². The van der Waals surface area contributed by atoms with Crippen molar-refractivity contribution in [2.45, 2.75) is 24.9 Å². The second-order valence-corrected chi connectivity index (χ2v) is 4.82. The van der Waals surface area contributed by atoms with E-state index in [1.54, 1.807) is 0 Å². The normalized spacial score (nSPS) is 12.6. The Bertz CT molecular complexity index is 416. The van der Waals surface area contributed by atoms with Crippen LogP contribution in [0.2, 0.25) is 0 Å². The quantitative estimate of drug-likeness (QED) is 0.622. The summed E-state index contributed by atoms with van der Waals surface area (Å²) in [5.74, 6) is 0. The summed E-state index contributed by atoms with van der Waals surface area (Å²) in [5.41, 5.74) is 2.46. The standard InChI is InChI=1S/C16H18ClN/c1-2-15(17)18-16(13-9-5-3-6-10-13)14-11-7-4-8-12-14/h3-12,15-16,18H,2H2,1H3. The summed E-state index contributed by atoms with van der Waals surface area (Å²) in [4.78, 5) is 0. The molecule has 0 saturated carbocycles. The predicted molar refractivity (Wildman–Crippen MR) is 77.8 cm³/mol. The molecule has 1 nitrogen and oxygen atoms in total. The third-order valence-electron chi connectivity index (χ3n) is 2.97. The first-order valence-corrected chi connectivity index (χ1v) is 6.75. The van der Waals surface area contributed by atoms with Gasteiger partial charge in [-0.2, -0.15) is 0 Å². The third kappa shape index (κ3) is 3.34. The number of rotatable bonds is 5. The van der Waals surface area contributed by atoms with Crippen molar-refractivity contribution in [2.75, 3.05) is 0 Å². The van der Waals surface area contributed by atoms with E-state index in [1.165, 1.54) is 11.1 Å². The smallest absolute Gasteiger partial charge is 0.0830 e. The zero-order chi connectivity index (χ0) is 12.8. The van der Waals surface area contributed by atoms with E-state index in [1.807, 2.05) is 12.1 Å². The first kappa shape index (κ1) is 13.1. The summed E-state index contributed by atoms with van der Waals surface area (Å²) in [6, 6.07) is 21.0. The molecule has 1 N–H and O–H groups in total. The van der Waals surface area contributed by atoms with Gasteiger partial charge in [0, 0.05) is 0 Å². The topological polar surface area (TPSA) is 12.0 Å². The molecule has 0 aliphatic heterocycles. The van der Waals surface area contributed by atoms with Crippen molar-refractivity contribution in [3.05, 3.63) is 71.8 Å². The number of hydrogen-bond acceptors (Lipinski definition) is 1. The summed E-state index contributed by atoms with van der Waals surface area (Å²) in [7, 11) is 0. The van der Waals surface area contributed by atoms with Crippen LogP contribution in [0.25, 0.3) is 0 Å². The molecule has 1 atom stereocenters. The van der Waals surface area contributed by atoms with E-state index in [2.05, 4.69) is 60.8 Å². The lowest BCUT2D eigenvalue weighted by Gasteiger charge is -2.22. The molecular weight excluding hydrogens is 242 g/mol. The van der Waals surface area contributed by atoms with E-state index in [-0.39, 0.29) is 11.5 Å². The van der Waals surface area contributed by atoms with E-state index < -0.39 is 0 Å². The highest BCUT2D eigenvalue weighted by molar-refractivity contribution is 6.20. The zero-order valence-corrected chi connectivity index (χ0v) is 11.3. The van der Waals surface area contributed by atoms with Gasteiger partial charge in [0.1, 0.15) is 0 Å². The van der Waals surface area contributed by atoms with Gasteiger partial charge in [-0.1, -0.05) is 67.6 Å². The Morgan fingerprint density at radius 3 is 1.72 bits per heavy atom. The van der Waals surface area contributed by atoms with E-state index in [9.17, 15) is 0 Å². The van der Waals surface area contributed by atoms with Gasteiger partial charge < -0.3 is 0 Å². The first-order valence-electron chi connectivity index (χ1n) is 6.31. The Labute approximate surface area is 114 Å². The van der Waals surface area contributed by atoms with Gasteiger partial charge in [-0.3, -0.25) is 5.32 Å². The Kier molecular flexibility index (Phi) is 4.80. The Morgan fingerprint density at radius 2 is 1.33 bits per heavy atom. The van der Waals surface area contributed by atoms with Gasteiger partial charge >= 0.3 is 0 Å². The van der Waals surface area contributed by atoms with Crippen LogP contribution in [-0.4, -0.2) is 5.50 Å². The van der Waals surface area contributed by atoms with Crippen molar-refractivity contribution < 1.29 is 0 Å². The molecular formula is C16H18ClN. The molecule has 94 valence electrons. The van der Waals surface area contributed by atoms with Crippen LogP contribution in [0.1, 0.15) is 30.5 Å². The lowest BCUT2D eigenvalue weighted by Crippen LogP contribution is -2.29. The van der Waals surface area contributed by atoms with Crippen LogP contribution in [-0.2, 0) is 0 Å². The average Bonchev–Trinajstić information content (AvgIpc) is 2.46. The Hall–Kier alpha value is -1.31. The molecule has 0 aliphatic rings. The van der Waals surface area contributed by atoms with Crippen molar-refractivity contribution in [3.63, 3.8) is 0 Å². The number of nitrogens with one attached hydrogen (secondary N) is 1. The van der Waals surface area contributed by atoms with Crippen LogP contribution in [0, 0.1) is 0 Å². The summed E-state index contributed by atoms with van der Waals surface area (Å²) in [6.07, 6.45) is 0.901. The molecule has 0 heterocycles. The maximum Gasteiger partial charge on any atom is 0.0830 e. The van der Waals surface area contributed by atoms with Gasteiger partial charge in [-0.15, -0.1) is 11.6 Å². The SMILES string of the molecule is CCC(Cl)NC(c1ccccc1)c1ccccc1. The first-order chi connectivity index (χ1) is 8.81. The van der Waals surface area contributed by atoms with Gasteiger partial charge in [0.25, 0.3) is 0 Å². The minimum Gasteiger partial charge on any atom is -0.290 e.